The lowest BCUT2D eigenvalue weighted by molar-refractivity contribution is -0.145. The second-order valence-corrected chi connectivity index (χ2v) is 3.70. The SMILES string of the molecule is CCN(CC(=O)O)C(=O)COc1ccccc1C#N. The first-order chi connectivity index (χ1) is 9.08. The smallest absolute Gasteiger partial charge is 0.323 e. The van der Waals surface area contributed by atoms with Gasteiger partial charge in [0.1, 0.15) is 18.4 Å². The summed E-state index contributed by atoms with van der Waals surface area (Å²) in [5, 5.41) is 17.5. The van der Waals surface area contributed by atoms with Crippen LogP contribution < -0.4 is 4.74 Å². The fraction of sp³-hybridized carbons (Fsp3) is 0.308. The molecule has 0 aliphatic rings. The Bertz CT molecular complexity index is 508. The number of para-hydroxylation sites is 1. The molecule has 0 heterocycles. The van der Waals surface area contributed by atoms with Gasteiger partial charge < -0.3 is 14.7 Å². The lowest BCUT2D eigenvalue weighted by Crippen LogP contribution is -2.38. The van der Waals surface area contributed by atoms with E-state index in [2.05, 4.69) is 0 Å². The zero-order valence-corrected chi connectivity index (χ0v) is 10.5. The fourth-order valence-electron chi connectivity index (χ4n) is 1.46. The molecule has 0 aromatic heterocycles. The van der Waals surface area contributed by atoms with Crippen molar-refractivity contribution in [1.82, 2.24) is 4.90 Å². The van der Waals surface area contributed by atoms with Crippen LogP contribution in [0.25, 0.3) is 0 Å². The van der Waals surface area contributed by atoms with Crippen molar-refractivity contribution >= 4 is 11.9 Å². The average molecular weight is 262 g/mol. The van der Waals surface area contributed by atoms with E-state index in [1.165, 1.54) is 0 Å². The van der Waals surface area contributed by atoms with Gasteiger partial charge in [-0.1, -0.05) is 12.1 Å². The molecule has 6 heteroatoms. The topological polar surface area (TPSA) is 90.6 Å². The van der Waals surface area contributed by atoms with Crippen molar-refractivity contribution in [3.05, 3.63) is 29.8 Å². The minimum Gasteiger partial charge on any atom is -0.482 e. The number of amides is 1. The molecule has 0 saturated heterocycles. The van der Waals surface area contributed by atoms with Crippen molar-refractivity contribution in [3.8, 4) is 11.8 Å². The molecule has 19 heavy (non-hydrogen) atoms. The van der Waals surface area contributed by atoms with E-state index in [1.54, 1.807) is 31.2 Å². The van der Waals surface area contributed by atoms with Gasteiger partial charge in [-0.05, 0) is 19.1 Å². The Kier molecular flexibility index (Phi) is 5.35. The number of carboxylic acid groups (broad SMARTS) is 1. The molecule has 1 N–H and O–H groups in total. The van der Waals surface area contributed by atoms with Crippen LogP contribution in [0.3, 0.4) is 0 Å². The molecular formula is C13H14N2O4. The van der Waals surface area contributed by atoms with Gasteiger partial charge in [0, 0.05) is 6.54 Å². The van der Waals surface area contributed by atoms with E-state index in [-0.39, 0.29) is 19.7 Å². The predicted molar refractivity (Wildman–Crippen MR) is 66.5 cm³/mol. The number of likely N-dealkylation sites (N-methyl/N-ethyl adjacent to an activating group) is 1. The maximum absolute atomic E-state index is 11.7. The summed E-state index contributed by atoms with van der Waals surface area (Å²) in [5.41, 5.74) is 0.330. The Labute approximate surface area is 110 Å². The Balaban J connectivity index is 2.63. The summed E-state index contributed by atoms with van der Waals surface area (Å²) in [6.07, 6.45) is 0. The molecule has 0 bridgehead atoms. The van der Waals surface area contributed by atoms with Crippen molar-refractivity contribution in [2.45, 2.75) is 6.92 Å². The van der Waals surface area contributed by atoms with Gasteiger partial charge in [-0.2, -0.15) is 5.26 Å². The first-order valence-corrected chi connectivity index (χ1v) is 5.70. The molecule has 0 fully saturated rings. The van der Waals surface area contributed by atoms with E-state index in [0.29, 0.717) is 11.3 Å². The van der Waals surface area contributed by atoms with E-state index in [0.717, 1.165) is 4.90 Å². The Hall–Kier alpha value is -2.55. The monoisotopic (exact) mass is 262 g/mol. The number of benzene rings is 1. The minimum atomic E-state index is -1.08. The molecule has 0 radical (unpaired) electrons. The normalized spacial score (nSPS) is 9.47. The van der Waals surface area contributed by atoms with Crippen LogP contribution in [0.2, 0.25) is 0 Å². The highest BCUT2D eigenvalue weighted by Gasteiger charge is 2.15. The van der Waals surface area contributed by atoms with E-state index in [1.807, 2.05) is 6.07 Å². The Morgan fingerprint density at radius 3 is 2.68 bits per heavy atom. The second-order valence-electron chi connectivity index (χ2n) is 3.70. The third-order valence-corrected chi connectivity index (χ3v) is 2.42. The van der Waals surface area contributed by atoms with Crippen molar-refractivity contribution in [2.24, 2.45) is 0 Å². The molecule has 1 amide bonds. The second kappa shape index (κ2) is 7.01. The molecular weight excluding hydrogens is 248 g/mol. The van der Waals surface area contributed by atoms with Crippen LogP contribution in [-0.2, 0) is 9.59 Å². The lowest BCUT2D eigenvalue weighted by Gasteiger charge is -2.18. The molecule has 0 atom stereocenters. The molecule has 0 saturated carbocycles. The zero-order valence-electron chi connectivity index (χ0n) is 10.5. The maximum atomic E-state index is 11.7. The van der Waals surface area contributed by atoms with Crippen molar-refractivity contribution in [1.29, 1.82) is 5.26 Å². The van der Waals surface area contributed by atoms with Gasteiger partial charge in [-0.25, -0.2) is 0 Å². The molecule has 1 rings (SSSR count). The van der Waals surface area contributed by atoms with Gasteiger partial charge >= 0.3 is 5.97 Å². The highest BCUT2D eigenvalue weighted by Crippen LogP contribution is 2.16. The number of ether oxygens (including phenoxy) is 1. The van der Waals surface area contributed by atoms with Crippen molar-refractivity contribution in [3.63, 3.8) is 0 Å². The number of carbonyl (C=O) groups excluding carboxylic acids is 1. The van der Waals surface area contributed by atoms with Crippen LogP contribution in [0.1, 0.15) is 12.5 Å². The summed E-state index contributed by atoms with van der Waals surface area (Å²) in [6, 6.07) is 8.49. The predicted octanol–water partition coefficient (Wildman–Crippen LogP) is 0.870. The molecule has 0 unspecified atom stereocenters. The van der Waals surface area contributed by atoms with Gasteiger partial charge in [-0.15, -0.1) is 0 Å². The fourth-order valence-corrected chi connectivity index (χ4v) is 1.46. The van der Waals surface area contributed by atoms with Crippen LogP contribution >= 0.6 is 0 Å². The highest BCUT2D eigenvalue weighted by molar-refractivity contribution is 5.82. The van der Waals surface area contributed by atoms with Gasteiger partial charge in [0.2, 0.25) is 0 Å². The van der Waals surface area contributed by atoms with E-state index >= 15 is 0 Å². The van der Waals surface area contributed by atoms with Gasteiger partial charge in [0.25, 0.3) is 5.91 Å². The molecule has 0 aliphatic carbocycles. The van der Waals surface area contributed by atoms with E-state index in [4.69, 9.17) is 15.1 Å². The van der Waals surface area contributed by atoms with Crippen LogP contribution in [0.5, 0.6) is 5.75 Å². The summed E-state index contributed by atoms with van der Waals surface area (Å²) < 4.78 is 5.25. The first kappa shape index (κ1) is 14.5. The number of hydrogen-bond acceptors (Lipinski definition) is 4. The van der Waals surface area contributed by atoms with Crippen LogP contribution in [-0.4, -0.2) is 41.6 Å². The van der Waals surface area contributed by atoms with Crippen molar-refractivity contribution in [2.75, 3.05) is 19.7 Å². The summed E-state index contributed by atoms with van der Waals surface area (Å²) in [4.78, 5) is 23.5. The van der Waals surface area contributed by atoms with E-state index < -0.39 is 11.9 Å². The number of aliphatic carboxylic acids is 1. The van der Waals surface area contributed by atoms with Gasteiger partial charge in [0.05, 0.1) is 5.56 Å². The quantitative estimate of drug-likeness (QED) is 0.821. The molecule has 1 aromatic rings. The first-order valence-electron chi connectivity index (χ1n) is 5.70. The Morgan fingerprint density at radius 2 is 2.11 bits per heavy atom. The molecule has 100 valence electrons. The third kappa shape index (κ3) is 4.32. The van der Waals surface area contributed by atoms with Crippen LogP contribution in [0.15, 0.2) is 24.3 Å². The summed E-state index contributed by atoms with van der Waals surface area (Å²) in [5.74, 6) is -1.20. The minimum absolute atomic E-state index is 0.286. The third-order valence-electron chi connectivity index (χ3n) is 2.42. The van der Waals surface area contributed by atoms with Gasteiger partial charge in [-0.3, -0.25) is 9.59 Å². The van der Waals surface area contributed by atoms with Crippen LogP contribution in [0.4, 0.5) is 0 Å². The van der Waals surface area contributed by atoms with Crippen LogP contribution in [0, 0.1) is 11.3 Å². The molecule has 0 spiro atoms. The summed E-state index contributed by atoms with van der Waals surface area (Å²) >= 11 is 0. The molecule has 1 aromatic carbocycles. The highest BCUT2D eigenvalue weighted by atomic mass is 16.5. The zero-order chi connectivity index (χ0) is 14.3. The number of nitriles is 1. The summed E-state index contributed by atoms with van der Waals surface area (Å²) in [6.45, 7) is 1.32. The number of carboxylic acids is 1. The molecule has 0 aliphatic heterocycles. The Morgan fingerprint density at radius 1 is 1.42 bits per heavy atom. The number of carbonyl (C=O) groups is 2. The standard InChI is InChI=1S/C13H14N2O4/c1-2-15(8-13(17)18)12(16)9-19-11-6-4-3-5-10(11)7-14/h3-6H,2,8-9H2,1H3,(H,17,18). The van der Waals surface area contributed by atoms with Crippen molar-refractivity contribution < 1.29 is 19.4 Å². The average Bonchev–Trinajstić information content (AvgIpc) is 2.42. The maximum Gasteiger partial charge on any atom is 0.323 e. The summed E-state index contributed by atoms with van der Waals surface area (Å²) in [7, 11) is 0. The van der Waals surface area contributed by atoms with E-state index in [9.17, 15) is 9.59 Å². The van der Waals surface area contributed by atoms with Gasteiger partial charge in [0.15, 0.2) is 6.61 Å². The number of nitrogens with zero attached hydrogens (tertiary/aromatic N) is 2. The largest absolute Gasteiger partial charge is 0.482 e. The molecule has 6 nitrogen and oxygen atoms in total. The lowest BCUT2D eigenvalue weighted by atomic mass is 10.2. The number of rotatable bonds is 6. The number of hydrogen-bond donors (Lipinski definition) is 1.